The number of phenols is 2. The molecule has 3 aromatic rings. The Morgan fingerprint density at radius 1 is 1.17 bits per heavy atom. The number of hydrogen-bond donors (Lipinski definition) is 3. The first kappa shape index (κ1) is 15.0. The number of hydrogen-bond acceptors (Lipinski definition) is 3. The van der Waals surface area contributed by atoms with Gasteiger partial charge in [-0.1, -0.05) is 12.1 Å². The molecule has 0 aliphatic carbocycles. The highest BCUT2D eigenvalue weighted by Crippen LogP contribution is 2.25. The molecule has 0 saturated heterocycles. The van der Waals surface area contributed by atoms with Gasteiger partial charge in [-0.05, 0) is 42.3 Å². The van der Waals surface area contributed by atoms with Crippen molar-refractivity contribution < 1.29 is 15.0 Å². The summed E-state index contributed by atoms with van der Waals surface area (Å²) in [5, 5.41) is 23.1. The van der Waals surface area contributed by atoms with E-state index in [1.165, 1.54) is 6.07 Å². The van der Waals surface area contributed by atoms with Crippen LogP contribution < -0.4 is 5.32 Å². The van der Waals surface area contributed by atoms with E-state index in [2.05, 4.69) is 5.32 Å². The number of nitrogens with zero attached hydrogens (tertiary/aromatic N) is 1. The first-order valence-corrected chi connectivity index (χ1v) is 7.39. The zero-order valence-electron chi connectivity index (χ0n) is 12.8. The van der Waals surface area contributed by atoms with Crippen LogP contribution in [0.5, 0.6) is 11.5 Å². The number of amides is 1. The molecule has 0 atom stereocenters. The van der Waals surface area contributed by atoms with Crippen molar-refractivity contribution in [2.75, 3.05) is 6.54 Å². The van der Waals surface area contributed by atoms with E-state index in [0.717, 1.165) is 16.5 Å². The summed E-state index contributed by atoms with van der Waals surface area (Å²) in [5.41, 5.74) is 2.35. The van der Waals surface area contributed by atoms with Gasteiger partial charge in [-0.15, -0.1) is 0 Å². The van der Waals surface area contributed by atoms with E-state index in [0.29, 0.717) is 13.0 Å². The quantitative estimate of drug-likeness (QED) is 0.693. The average molecular weight is 310 g/mol. The summed E-state index contributed by atoms with van der Waals surface area (Å²) < 4.78 is 1.99. The van der Waals surface area contributed by atoms with Gasteiger partial charge in [0.05, 0.1) is 5.56 Å². The lowest BCUT2D eigenvalue weighted by Gasteiger charge is -2.06. The minimum Gasteiger partial charge on any atom is -0.508 e. The van der Waals surface area contributed by atoms with Gasteiger partial charge in [-0.3, -0.25) is 4.79 Å². The second-order valence-electron chi connectivity index (χ2n) is 5.49. The lowest BCUT2D eigenvalue weighted by atomic mass is 10.1. The Morgan fingerprint density at radius 2 is 1.96 bits per heavy atom. The molecule has 5 nitrogen and oxygen atoms in total. The van der Waals surface area contributed by atoms with E-state index in [-0.39, 0.29) is 23.0 Å². The number of aromatic nitrogens is 1. The molecule has 0 aliphatic heterocycles. The molecule has 0 radical (unpaired) electrons. The third-order valence-electron chi connectivity index (χ3n) is 3.88. The van der Waals surface area contributed by atoms with Crippen LogP contribution in [0.4, 0.5) is 0 Å². The number of nitrogens with one attached hydrogen (secondary N) is 1. The molecule has 5 heteroatoms. The summed E-state index contributed by atoms with van der Waals surface area (Å²) in [7, 11) is 1.95. The largest absolute Gasteiger partial charge is 0.508 e. The number of fused-ring (bicyclic) bond motifs is 1. The number of para-hydroxylation sites is 1. The van der Waals surface area contributed by atoms with Crippen LogP contribution in [0, 0.1) is 0 Å². The summed E-state index contributed by atoms with van der Waals surface area (Å²) in [6, 6.07) is 11.7. The van der Waals surface area contributed by atoms with E-state index < -0.39 is 0 Å². The number of aromatic hydroxyl groups is 2. The van der Waals surface area contributed by atoms with Gasteiger partial charge in [0.15, 0.2) is 0 Å². The molecule has 1 aromatic heterocycles. The number of rotatable bonds is 4. The molecule has 1 amide bonds. The van der Waals surface area contributed by atoms with Crippen molar-refractivity contribution in [1.29, 1.82) is 0 Å². The van der Waals surface area contributed by atoms with Gasteiger partial charge in [-0.2, -0.15) is 0 Å². The molecule has 0 saturated carbocycles. The lowest BCUT2D eigenvalue weighted by molar-refractivity contribution is 0.0951. The van der Waals surface area contributed by atoms with Gasteiger partial charge in [0.25, 0.3) is 5.91 Å². The van der Waals surface area contributed by atoms with Crippen molar-refractivity contribution in [3.8, 4) is 11.5 Å². The number of carbonyl (C=O) groups excluding carboxylic acids is 1. The molecule has 0 aliphatic rings. The van der Waals surface area contributed by atoms with Crippen LogP contribution in [0.2, 0.25) is 0 Å². The molecule has 3 rings (SSSR count). The third-order valence-corrected chi connectivity index (χ3v) is 3.88. The predicted octanol–water partition coefficient (Wildman–Crippen LogP) is 2.56. The van der Waals surface area contributed by atoms with Crippen molar-refractivity contribution >= 4 is 16.8 Å². The third kappa shape index (κ3) is 2.99. The van der Waals surface area contributed by atoms with E-state index in [9.17, 15) is 15.0 Å². The summed E-state index contributed by atoms with van der Waals surface area (Å²) in [6.07, 6.45) is 2.64. The lowest BCUT2D eigenvalue weighted by Crippen LogP contribution is -2.25. The minimum absolute atomic E-state index is 0.0277. The predicted molar refractivity (Wildman–Crippen MR) is 88.7 cm³/mol. The van der Waals surface area contributed by atoms with Crippen LogP contribution in [-0.2, 0) is 13.5 Å². The monoisotopic (exact) mass is 310 g/mol. The van der Waals surface area contributed by atoms with Gasteiger partial charge in [0, 0.05) is 30.7 Å². The highest BCUT2D eigenvalue weighted by atomic mass is 16.3. The molecule has 118 valence electrons. The van der Waals surface area contributed by atoms with Crippen molar-refractivity contribution in [3.05, 3.63) is 59.8 Å². The molecule has 0 unspecified atom stereocenters. The summed E-state index contributed by atoms with van der Waals surface area (Å²) in [4.78, 5) is 12.1. The minimum atomic E-state index is -0.300. The molecule has 1 heterocycles. The normalized spacial score (nSPS) is 10.8. The number of aryl methyl sites for hydroxylation is 1. The van der Waals surface area contributed by atoms with E-state index in [1.54, 1.807) is 30.3 Å². The van der Waals surface area contributed by atoms with Gasteiger partial charge in [-0.25, -0.2) is 0 Å². The first-order valence-electron chi connectivity index (χ1n) is 7.39. The van der Waals surface area contributed by atoms with Gasteiger partial charge < -0.3 is 20.1 Å². The highest BCUT2D eigenvalue weighted by Gasteiger charge is 2.11. The molecule has 2 aromatic carbocycles. The van der Waals surface area contributed by atoms with Crippen LogP contribution in [0.3, 0.4) is 0 Å². The molecule has 0 spiro atoms. The van der Waals surface area contributed by atoms with Crippen LogP contribution in [-0.4, -0.2) is 27.2 Å². The zero-order chi connectivity index (χ0) is 16.4. The second-order valence-corrected chi connectivity index (χ2v) is 5.49. The Labute approximate surface area is 133 Å². The fraction of sp³-hybridized carbons (Fsp3) is 0.167. The second kappa shape index (κ2) is 6.04. The Balaban J connectivity index is 1.71. The van der Waals surface area contributed by atoms with Crippen molar-refractivity contribution in [3.63, 3.8) is 0 Å². The maximum absolute atomic E-state index is 12.1. The maximum Gasteiger partial charge on any atom is 0.255 e. The van der Waals surface area contributed by atoms with Gasteiger partial charge in [0.1, 0.15) is 11.5 Å². The fourth-order valence-corrected chi connectivity index (χ4v) is 2.73. The van der Waals surface area contributed by atoms with Crippen LogP contribution in [0.1, 0.15) is 15.9 Å². The Hall–Kier alpha value is -2.95. The van der Waals surface area contributed by atoms with Gasteiger partial charge >= 0.3 is 0 Å². The van der Waals surface area contributed by atoms with Crippen LogP contribution in [0.25, 0.3) is 10.9 Å². The number of carbonyl (C=O) groups is 1. The standard InChI is InChI=1S/C18H18N2O3/c1-20-11-12(15-10-13(21)6-7-16(15)20)8-9-19-18(23)14-4-2-3-5-17(14)22/h2-7,10-11,21-22H,8-9H2,1H3,(H,19,23). The Kier molecular flexibility index (Phi) is 3.93. The summed E-state index contributed by atoms with van der Waals surface area (Å²) in [6.45, 7) is 0.446. The highest BCUT2D eigenvalue weighted by molar-refractivity contribution is 5.96. The fourth-order valence-electron chi connectivity index (χ4n) is 2.73. The summed E-state index contributed by atoms with van der Waals surface area (Å²) >= 11 is 0. The van der Waals surface area contributed by atoms with Crippen molar-refractivity contribution in [2.24, 2.45) is 7.05 Å². The molecule has 3 N–H and O–H groups in total. The van der Waals surface area contributed by atoms with Crippen molar-refractivity contribution in [1.82, 2.24) is 9.88 Å². The Morgan fingerprint density at radius 3 is 2.74 bits per heavy atom. The smallest absolute Gasteiger partial charge is 0.255 e. The van der Waals surface area contributed by atoms with Crippen molar-refractivity contribution in [2.45, 2.75) is 6.42 Å². The SMILES string of the molecule is Cn1cc(CCNC(=O)c2ccccc2O)c2cc(O)ccc21. The van der Waals surface area contributed by atoms with E-state index >= 15 is 0 Å². The van der Waals surface area contributed by atoms with Crippen LogP contribution in [0.15, 0.2) is 48.7 Å². The van der Waals surface area contributed by atoms with E-state index in [4.69, 9.17) is 0 Å². The molecular formula is C18H18N2O3. The summed E-state index contributed by atoms with van der Waals surface area (Å²) in [5.74, 6) is -0.102. The number of phenolic OH excluding ortho intramolecular Hbond substituents is 2. The molecular weight excluding hydrogens is 292 g/mol. The molecule has 23 heavy (non-hydrogen) atoms. The van der Waals surface area contributed by atoms with E-state index in [1.807, 2.05) is 23.9 Å². The first-order chi connectivity index (χ1) is 11.1. The van der Waals surface area contributed by atoms with Crippen LogP contribution >= 0.6 is 0 Å². The Bertz CT molecular complexity index is 868. The zero-order valence-corrected chi connectivity index (χ0v) is 12.8. The average Bonchev–Trinajstić information content (AvgIpc) is 2.83. The van der Waals surface area contributed by atoms with Gasteiger partial charge in [0.2, 0.25) is 0 Å². The molecule has 0 fully saturated rings. The topological polar surface area (TPSA) is 74.5 Å². The number of benzene rings is 2. The maximum atomic E-state index is 12.1. The molecule has 0 bridgehead atoms.